The number of rotatable bonds is 7. The van der Waals surface area contributed by atoms with Crippen molar-refractivity contribution in [3.05, 3.63) is 48.3 Å². The number of halogens is 1. The Hall–Kier alpha value is -3.04. The van der Waals surface area contributed by atoms with Crippen LogP contribution in [0.4, 0.5) is 14.9 Å². The van der Waals surface area contributed by atoms with Crippen LogP contribution in [0.2, 0.25) is 0 Å². The van der Waals surface area contributed by atoms with Crippen molar-refractivity contribution in [3.8, 4) is 17.0 Å². The molecule has 5 rings (SSSR count). The van der Waals surface area contributed by atoms with Crippen molar-refractivity contribution in [3.63, 3.8) is 0 Å². The van der Waals surface area contributed by atoms with Gasteiger partial charge in [0.05, 0.1) is 18.3 Å². The average molecular weight is 581 g/mol. The second-order valence-electron chi connectivity index (χ2n) is 12.3. The Bertz CT molecular complexity index is 1390. The van der Waals surface area contributed by atoms with Crippen LogP contribution in [0.3, 0.4) is 0 Å². The minimum absolute atomic E-state index is 0.202. The van der Waals surface area contributed by atoms with Gasteiger partial charge in [-0.3, -0.25) is 0 Å². The molecule has 3 aromatic rings. The number of thioether (sulfide) groups is 1. The summed E-state index contributed by atoms with van der Waals surface area (Å²) in [4.78, 5) is 24.7. The van der Waals surface area contributed by atoms with Crippen LogP contribution in [-0.2, 0) is 4.74 Å². The van der Waals surface area contributed by atoms with E-state index in [0.717, 1.165) is 64.7 Å². The summed E-state index contributed by atoms with van der Waals surface area (Å²) in [5.74, 6) is 1.87. The number of nitrogens with zero attached hydrogens (tertiary/aromatic N) is 4. The first kappa shape index (κ1) is 29.5. The number of pyridine rings is 1. The molecule has 2 aliphatic rings. The highest BCUT2D eigenvalue weighted by Gasteiger charge is 2.37. The van der Waals surface area contributed by atoms with Crippen molar-refractivity contribution < 1.29 is 18.7 Å². The predicted molar refractivity (Wildman–Crippen MR) is 165 cm³/mol. The van der Waals surface area contributed by atoms with E-state index in [1.165, 1.54) is 13.5 Å². The molecule has 7 nitrogen and oxygen atoms in total. The van der Waals surface area contributed by atoms with Gasteiger partial charge in [-0.15, -0.1) is 11.8 Å². The lowest BCUT2D eigenvalue weighted by Crippen LogP contribution is -2.37. The number of likely N-dealkylation sites (tertiary alicyclic amines) is 1. The van der Waals surface area contributed by atoms with E-state index in [4.69, 9.17) is 14.5 Å². The van der Waals surface area contributed by atoms with Crippen molar-refractivity contribution in [1.29, 1.82) is 0 Å². The van der Waals surface area contributed by atoms with Gasteiger partial charge in [-0.25, -0.2) is 14.2 Å². The SMILES string of the molecule is COc1cc2nc(-c3ccc(SCCN(C)C(=O)OC(C)(C)C)cc3)cc(N3C[C@H]4CN(C)CC[C@H]4C3)c2cc1F. The number of amides is 1. The molecule has 0 N–H and O–H groups in total. The Balaban J connectivity index is 1.35. The lowest BCUT2D eigenvalue weighted by Gasteiger charge is -2.31. The molecule has 2 aliphatic heterocycles. The topological polar surface area (TPSA) is 58.1 Å². The van der Waals surface area contributed by atoms with Crippen molar-refractivity contribution in [2.75, 3.05) is 64.6 Å². The molecule has 2 atom stereocenters. The van der Waals surface area contributed by atoms with Gasteiger partial charge in [0.15, 0.2) is 11.6 Å². The summed E-state index contributed by atoms with van der Waals surface area (Å²) in [5, 5.41) is 0.820. The van der Waals surface area contributed by atoms with Gasteiger partial charge in [-0.2, -0.15) is 0 Å². The number of carbonyl (C=O) groups is 1. The van der Waals surface area contributed by atoms with Crippen LogP contribution in [0.25, 0.3) is 22.2 Å². The zero-order valence-corrected chi connectivity index (χ0v) is 25.8. The van der Waals surface area contributed by atoms with E-state index in [1.807, 2.05) is 20.8 Å². The largest absolute Gasteiger partial charge is 0.494 e. The summed E-state index contributed by atoms with van der Waals surface area (Å²) in [7, 11) is 5.44. The third-order valence-corrected chi connectivity index (χ3v) is 8.95. The number of piperidine rings is 1. The highest BCUT2D eigenvalue weighted by Crippen LogP contribution is 2.39. The fraction of sp³-hybridized carbons (Fsp3) is 0.500. The monoisotopic (exact) mass is 580 g/mol. The molecule has 9 heteroatoms. The number of methoxy groups -OCH3 is 1. The van der Waals surface area contributed by atoms with Gasteiger partial charge in [-0.1, -0.05) is 12.1 Å². The van der Waals surface area contributed by atoms with Gasteiger partial charge in [0.1, 0.15) is 5.60 Å². The minimum atomic E-state index is -0.506. The van der Waals surface area contributed by atoms with Crippen LogP contribution in [0, 0.1) is 17.7 Å². The second kappa shape index (κ2) is 12.1. The maximum absolute atomic E-state index is 14.9. The van der Waals surface area contributed by atoms with Gasteiger partial charge >= 0.3 is 6.09 Å². The lowest BCUT2D eigenvalue weighted by molar-refractivity contribution is 0.0309. The van der Waals surface area contributed by atoms with Crippen LogP contribution in [0.1, 0.15) is 27.2 Å². The highest BCUT2D eigenvalue weighted by atomic mass is 32.2. The first-order chi connectivity index (χ1) is 19.5. The van der Waals surface area contributed by atoms with E-state index in [0.29, 0.717) is 18.4 Å². The Morgan fingerprint density at radius 3 is 2.56 bits per heavy atom. The summed E-state index contributed by atoms with van der Waals surface area (Å²) in [5.41, 5.74) is 3.12. The third-order valence-electron chi connectivity index (χ3n) is 7.96. The molecule has 2 aromatic carbocycles. The van der Waals surface area contributed by atoms with Gasteiger partial charge in [0, 0.05) is 66.6 Å². The van der Waals surface area contributed by atoms with Crippen molar-refractivity contribution in [2.24, 2.45) is 11.8 Å². The fourth-order valence-corrected chi connectivity index (χ4v) is 6.71. The fourth-order valence-electron chi connectivity index (χ4n) is 5.78. The Labute approximate surface area is 247 Å². The summed E-state index contributed by atoms with van der Waals surface area (Å²) in [6.07, 6.45) is 0.884. The number of anilines is 1. The summed E-state index contributed by atoms with van der Waals surface area (Å²) in [6, 6.07) is 13.7. The summed E-state index contributed by atoms with van der Waals surface area (Å²) < 4.78 is 25.6. The van der Waals surface area contributed by atoms with E-state index >= 15 is 0 Å². The van der Waals surface area contributed by atoms with Crippen molar-refractivity contribution in [1.82, 2.24) is 14.8 Å². The molecule has 0 spiro atoms. The molecule has 2 saturated heterocycles. The average Bonchev–Trinajstić information content (AvgIpc) is 3.34. The number of benzene rings is 2. The van der Waals surface area contributed by atoms with Gasteiger partial charge in [0.25, 0.3) is 0 Å². The number of aromatic nitrogens is 1. The molecule has 0 unspecified atom stereocenters. The lowest BCUT2D eigenvalue weighted by atomic mass is 9.89. The molecule has 0 saturated carbocycles. The number of ether oxygens (including phenoxy) is 2. The molecular formula is C32H41FN4O3S. The number of hydrogen-bond donors (Lipinski definition) is 0. The Morgan fingerprint density at radius 2 is 1.85 bits per heavy atom. The van der Waals surface area contributed by atoms with E-state index in [2.05, 4.69) is 47.2 Å². The molecule has 0 bridgehead atoms. The highest BCUT2D eigenvalue weighted by molar-refractivity contribution is 7.99. The smallest absolute Gasteiger partial charge is 0.410 e. The molecule has 220 valence electrons. The molecule has 2 fully saturated rings. The first-order valence-corrected chi connectivity index (χ1v) is 15.3. The minimum Gasteiger partial charge on any atom is -0.494 e. The zero-order chi connectivity index (χ0) is 29.3. The predicted octanol–water partition coefficient (Wildman–Crippen LogP) is 6.40. The zero-order valence-electron chi connectivity index (χ0n) is 24.9. The summed E-state index contributed by atoms with van der Waals surface area (Å²) in [6.45, 7) is 10.4. The quantitative estimate of drug-likeness (QED) is 0.300. The number of carbonyl (C=O) groups excluding carboxylic acids is 1. The van der Waals surface area contributed by atoms with E-state index in [-0.39, 0.29) is 17.7 Å². The molecule has 0 radical (unpaired) electrons. The Morgan fingerprint density at radius 1 is 1.12 bits per heavy atom. The molecular weight excluding hydrogens is 539 g/mol. The third kappa shape index (κ3) is 6.89. The van der Waals surface area contributed by atoms with Crippen LogP contribution < -0.4 is 9.64 Å². The first-order valence-electron chi connectivity index (χ1n) is 14.3. The summed E-state index contributed by atoms with van der Waals surface area (Å²) >= 11 is 1.69. The standard InChI is InChI=1S/C32H41FN4O3S/c1-32(2,3)40-31(38)36(5)13-14-41-24-9-7-21(8-10-24)27-16-29(25-15-26(33)30(39-6)17-28(25)34-27)37-19-22-11-12-35(4)18-23(22)20-37/h7-10,15-17,22-23H,11-14,18-20H2,1-6H3/t22-,23+/m0/s1. The van der Waals surface area contributed by atoms with Crippen LogP contribution in [-0.4, -0.2) is 86.2 Å². The molecule has 3 heterocycles. The Kier molecular flexibility index (Phi) is 8.66. The van der Waals surface area contributed by atoms with Gasteiger partial charge in [-0.05, 0) is 76.9 Å². The maximum Gasteiger partial charge on any atom is 0.410 e. The maximum atomic E-state index is 14.9. The molecule has 41 heavy (non-hydrogen) atoms. The molecule has 1 amide bonds. The number of fused-ring (bicyclic) bond motifs is 2. The van der Waals surface area contributed by atoms with Crippen LogP contribution >= 0.6 is 11.8 Å². The molecule has 1 aromatic heterocycles. The van der Waals surface area contributed by atoms with Crippen LogP contribution in [0.15, 0.2) is 47.4 Å². The van der Waals surface area contributed by atoms with Gasteiger partial charge in [0.2, 0.25) is 0 Å². The van der Waals surface area contributed by atoms with Crippen LogP contribution in [0.5, 0.6) is 5.75 Å². The van der Waals surface area contributed by atoms with Crippen molar-refractivity contribution >= 4 is 34.4 Å². The molecule has 0 aliphatic carbocycles. The second-order valence-corrected chi connectivity index (χ2v) is 13.4. The van der Waals surface area contributed by atoms with Gasteiger partial charge < -0.3 is 24.2 Å². The van der Waals surface area contributed by atoms with Crippen molar-refractivity contribution in [2.45, 2.75) is 37.7 Å². The van der Waals surface area contributed by atoms with E-state index in [1.54, 1.807) is 35.8 Å². The van der Waals surface area contributed by atoms with E-state index < -0.39 is 5.60 Å². The normalized spacial score (nSPS) is 19.3. The van der Waals surface area contributed by atoms with E-state index in [9.17, 15) is 9.18 Å². The number of hydrogen-bond acceptors (Lipinski definition) is 7.